The maximum atomic E-state index is 9.40. The van der Waals surface area contributed by atoms with Crippen molar-refractivity contribution in [3.05, 3.63) is 65.7 Å². The van der Waals surface area contributed by atoms with Crippen molar-refractivity contribution in [3.63, 3.8) is 0 Å². The molecule has 2 aromatic carbocycles. The molecule has 0 heterocycles. The van der Waals surface area contributed by atoms with Gasteiger partial charge in [-0.25, -0.2) is 0 Å². The lowest BCUT2D eigenvalue weighted by Gasteiger charge is -2.30. The third-order valence-electron chi connectivity index (χ3n) is 3.96. The third-order valence-corrected chi connectivity index (χ3v) is 3.96. The Hall–Kier alpha value is -1.80. The van der Waals surface area contributed by atoms with Crippen molar-refractivity contribution in [3.8, 4) is 0 Å². The first-order valence-corrected chi connectivity index (χ1v) is 7.54. The molecule has 1 atom stereocenters. The van der Waals surface area contributed by atoms with Crippen LogP contribution in [-0.4, -0.2) is 11.1 Å². The van der Waals surface area contributed by atoms with Crippen LogP contribution in [0.25, 0.3) is 0 Å². The summed E-state index contributed by atoms with van der Waals surface area (Å²) < 4.78 is 0. The number of aliphatic hydroxyl groups is 1. The molecule has 0 fully saturated rings. The largest absolute Gasteiger partial charge is 0.392 e. The lowest BCUT2D eigenvalue weighted by molar-refractivity contribution is 0.282. The van der Waals surface area contributed by atoms with Crippen LogP contribution in [0.1, 0.15) is 38.3 Å². The normalized spacial score (nSPS) is 13.0. The van der Waals surface area contributed by atoms with E-state index in [1.54, 1.807) is 0 Å². The highest BCUT2D eigenvalue weighted by atomic mass is 16.3. The summed E-state index contributed by atoms with van der Waals surface area (Å²) in [6.07, 6.45) is 1.02. The first-order valence-electron chi connectivity index (χ1n) is 7.54. The molecule has 0 aliphatic rings. The van der Waals surface area contributed by atoms with Crippen molar-refractivity contribution in [1.29, 1.82) is 0 Å². The average molecular weight is 283 g/mol. The highest BCUT2D eigenvalue weighted by molar-refractivity contribution is 5.51. The number of aliphatic hydroxyl groups excluding tert-OH is 1. The van der Waals surface area contributed by atoms with Crippen molar-refractivity contribution in [2.75, 3.05) is 5.32 Å². The third kappa shape index (κ3) is 4.08. The molecular weight excluding hydrogens is 258 g/mol. The summed E-state index contributed by atoms with van der Waals surface area (Å²) in [5, 5.41) is 12.9. The van der Waals surface area contributed by atoms with Gasteiger partial charge in [-0.3, -0.25) is 0 Å². The van der Waals surface area contributed by atoms with Gasteiger partial charge in [0.25, 0.3) is 0 Å². The molecule has 2 N–H and O–H groups in total. The van der Waals surface area contributed by atoms with Crippen molar-refractivity contribution in [2.45, 2.75) is 45.3 Å². The fourth-order valence-electron chi connectivity index (χ4n) is 2.89. The van der Waals surface area contributed by atoms with Crippen LogP contribution in [0.4, 0.5) is 5.69 Å². The van der Waals surface area contributed by atoms with Crippen LogP contribution in [0.2, 0.25) is 0 Å². The van der Waals surface area contributed by atoms with Crippen molar-refractivity contribution in [1.82, 2.24) is 0 Å². The van der Waals surface area contributed by atoms with E-state index in [-0.39, 0.29) is 12.0 Å². The van der Waals surface area contributed by atoms with E-state index in [4.69, 9.17) is 0 Å². The van der Waals surface area contributed by atoms with Crippen LogP contribution in [0.3, 0.4) is 0 Å². The van der Waals surface area contributed by atoms with E-state index >= 15 is 0 Å². The number of nitrogens with one attached hydrogen (secondary N) is 1. The number of anilines is 1. The van der Waals surface area contributed by atoms with Gasteiger partial charge >= 0.3 is 0 Å². The van der Waals surface area contributed by atoms with E-state index in [0.29, 0.717) is 6.04 Å². The molecule has 0 bridgehead atoms. The zero-order chi connectivity index (χ0) is 15.3. The SMILES string of the molecule is CC(CC(C)(C)c1ccccc1)Nc1ccccc1CO. The van der Waals surface area contributed by atoms with Crippen LogP contribution in [0.5, 0.6) is 0 Å². The fourth-order valence-corrected chi connectivity index (χ4v) is 2.89. The van der Waals surface area contributed by atoms with E-state index in [9.17, 15) is 5.11 Å². The van der Waals surface area contributed by atoms with Gasteiger partial charge < -0.3 is 10.4 Å². The molecule has 0 radical (unpaired) electrons. The van der Waals surface area contributed by atoms with Crippen molar-refractivity contribution < 1.29 is 5.11 Å². The minimum absolute atomic E-state index is 0.0674. The summed E-state index contributed by atoms with van der Waals surface area (Å²) in [4.78, 5) is 0. The zero-order valence-electron chi connectivity index (χ0n) is 13.1. The predicted molar refractivity (Wildman–Crippen MR) is 89.5 cm³/mol. The first kappa shape index (κ1) is 15.6. The van der Waals surface area contributed by atoms with Crippen LogP contribution < -0.4 is 5.32 Å². The lowest BCUT2D eigenvalue weighted by atomic mass is 9.79. The lowest BCUT2D eigenvalue weighted by Crippen LogP contribution is -2.28. The van der Waals surface area contributed by atoms with Gasteiger partial charge in [0, 0.05) is 17.3 Å². The molecular formula is C19H25NO. The van der Waals surface area contributed by atoms with E-state index < -0.39 is 0 Å². The smallest absolute Gasteiger partial charge is 0.0701 e. The van der Waals surface area contributed by atoms with Gasteiger partial charge in [0.05, 0.1) is 6.61 Å². The Morgan fingerprint density at radius 1 is 1.00 bits per heavy atom. The van der Waals surface area contributed by atoms with Crippen LogP contribution in [0.15, 0.2) is 54.6 Å². The number of para-hydroxylation sites is 1. The van der Waals surface area contributed by atoms with Crippen LogP contribution in [0, 0.1) is 0 Å². The monoisotopic (exact) mass is 283 g/mol. The number of benzene rings is 2. The molecule has 1 unspecified atom stereocenters. The summed E-state index contributed by atoms with van der Waals surface area (Å²) >= 11 is 0. The Morgan fingerprint density at radius 2 is 1.62 bits per heavy atom. The molecule has 0 saturated heterocycles. The minimum Gasteiger partial charge on any atom is -0.392 e. The van der Waals surface area contributed by atoms with Gasteiger partial charge in [-0.15, -0.1) is 0 Å². The van der Waals surface area contributed by atoms with Gasteiger partial charge in [-0.1, -0.05) is 62.4 Å². The number of hydrogen-bond donors (Lipinski definition) is 2. The Bertz CT molecular complexity index is 563. The van der Waals surface area contributed by atoms with E-state index in [2.05, 4.69) is 56.4 Å². The molecule has 0 amide bonds. The summed E-state index contributed by atoms with van der Waals surface area (Å²) in [7, 11) is 0. The molecule has 2 aromatic rings. The predicted octanol–water partition coefficient (Wildman–Crippen LogP) is 4.35. The second kappa shape index (κ2) is 6.77. The zero-order valence-corrected chi connectivity index (χ0v) is 13.1. The standard InChI is InChI=1S/C19H25NO/c1-15(20-18-12-8-7-9-16(18)14-21)13-19(2,3)17-10-5-4-6-11-17/h4-12,15,20-21H,13-14H2,1-3H3. The van der Waals surface area contributed by atoms with Crippen molar-refractivity contribution in [2.24, 2.45) is 0 Å². The molecule has 0 spiro atoms. The topological polar surface area (TPSA) is 32.3 Å². The molecule has 112 valence electrons. The van der Waals surface area contributed by atoms with Gasteiger partial charge in [0.15, 0.2) is 0 Å². The highest BCUT2D eigenvalue weighted by Gasteiger charge is 2.23. The van der Waals surface area contributed by atoms with Crippen LogP contribution >= 0.6 is 0 Å². The van der Waals surface area contributed by atoms with E-state index in [1.165, 1.54) is 5.56 Å². The highest BCUT2D eigenvalue weighted by Crippen LogP contribution is 2.29. The Balaban J connectivity index is 2.06. The Morgan fingerprint density at radius 3 is 2.29 bits per heavy atom. The fraction of sp³-hybridized carbons (Fsp3) is 0.368. The van der Waals surface area contributed by atoms with Gasteiger partial charge in [-0.2, -0.15) is 0 Å². The number of rotatable bonds is 6. The first-order chi connectivity index (χ1) is 10.0. The molecule has 2 heteroatoms. The van der Waals surface area contributed by atoms with Gasteiger partial charge in [0.2, 0.25) is 0 Å². The maximum absolute atomic E-state index is 9.40. The Kier molecular flexibility index (Phi) is 5.03. The van der Waals surface area contributed by atoms with Gasteiger partial charge in [0.1, 0.15) is 0 Å². The molecule has 2 nitrogen and oxygen atoms in total. The van der Waals surface area contributed by atoms with Gasteiger partial charge in [-0.05, 0) is 30.4 Å². The molecule has 21 heavy (non-hydrogen) atoms. The minimum atomic E-state index is 0.0674. The second-order valence-electron chi connectivity index (χ2n) is 6.31. The summed E-state index contributed by atoms with van der Waals surface area (Å²) in [6, 6.07) is 18.9. The number of hydrogen-bond acceptors (Lipinski definition) is 2. The van der Waals surface area contributed by atoms with E-state index in [1.807, 2.05) is 24.3 Å². The molecule has 0 saturated carbocycles. The quantitative estimate of drug-likeness (QED) is 0.826. The van der Waals surface area contributed by atoms with E-state index in [0.717, 1.165) is 17.7 Å². The van der Waals surface area contributed by atoms with Crippen LogP contribution in [-0.2, 0) is 12.0 Å². The van der Waals surface area contributed by atoms with Crippen molar-refractivity contribution >= 4 is 5.69 Å². The average Bonchev–Trinajstić information content (AvgIpc) is 2.48. The molecule has 0 aliphatic carbocycles. The summed E-state index contributed by atoms with van der Waals surface area (Å²) in [6.45, 7) is 6.81. The molecule has 2 rings (SSSR count). The molecule has 0 aromatic heterocycles. The summed E-state index contributed by atoms with van der Waals surface area (Å²) in [5.41, 5.74) is 3.44. The summed E-state index contributed by atoms with van der Waals surface area (Å²) in [5.74, 6) is 0. The molecule has 0 aliphatic heterocycles. The maximum Gasteiger partial charge on any atom is 0.0701 e. The Labute approximate surface area is 127 Å². The second-order valence-corrected chi connectivity index (χ2v) is 6.31.